The van der Waals surface area contributed by atoms with Gasteiger partial charge in [0.15, 0.2) is 0 Å². The van der Waals surface area contributed by atoms with Crippen LogP contribution >= 0.6 is 22.6 Å². The minimum absolute atomic E-state index is 0.0552. The van der Waals surface area contributed by atoms with Gasteiger partial charge in [-0.15, -0.1) is 0 Å². The van der Waals surface area contributed by atoms with E-state index in [0.29, 0.717) is 5.56 Å². The fourth-order valence-corrected chi connectivity index (χ4v) is 1.57. The van der Waals surface area contributed by atoms with Gasteiger partial charge in [-0.3, -0.25) is 0 Å². The van der Waals surface area contributed by atoms with Gasteiger partial charge in [-0.05, 0) is 40.6 Å². The molecule has 0 radical (unpaired) electrons. The van der Waals surface area contributed by atoms with E-state index in [1.807, 2.05) is 22.6 Å². The van der Waals surface area contributed by atoms with Crippen molar-refractivity contribution in [3.63, 3.8) is 0 Å². The number of halogens is 3. The van der Waals surface area contributed by atoms with Gasteiger partial charge in [-0.1, -0.05) is 0 Å². The molecule has 72 valence electrons. The fourth-order valence-electron chi connectivity index (χ4n) is 1.10. The van der Waals surface area contributed by atoms with Crippen molar-refractivity contribution in [3.05, 3.63) is 26.6 Å². The first-order valence-electron chi connectivity index (χ1n) is 3.70. The lowest BCUT2D eigenvalue weighted by Gasteiger charge is -2.10. The molecule has 2 nitrogen and oxygen atoms in total. The quantitative estimate of drug-likeness (QED) is 0.672. The highest BCUT2D eigenvalue weighted by Gasteiger charge is 2.15. The number of nitrogens with zero attached hydrogens (tertiary/aromatic N) is 1. The second-order valence-electron chi connectivity index (χ2n) is 2.61. The van der Waals surface area contributed by atoms with Crippen LogP contribution in [0.15, 0.2) is 6.20 Å². The van der Waals surface area contributed by atoms with Crippen molar-refractivity contribution in [3.8, 4) is 0 Å². The normalized spacial score (nSPS) is 10.9. The molecule has 1 aromatic rings. The number of nitrogens with two attached hydrogens (primary N) is 1. The van der Waals surface area contributed by atoms with Gasteiger partial charge < -0.3 is 5.73 Å². The van der Waals surface area contributed by atoms with Gasteiger partial charge in [0, 0.05) is 18.3 Å². The molecule has 0 spiro atoms. The lowest BCUT2D eigenvalue weighted by Crippen LogP contribution is -2.07. The van der Waals surface area contributed by atoms with Crippen LogP contribution in [0.2, 0.25) is 0 Å². The highest BCUT2D eigenvalue weighted by molar-refractivity contribution is 14.1. The zero-order valence-electron chi connectivity index (χ0n) is 7.02. The van der Waals surface area contributed by atoms with Crippen molar-refractivity contribution in [1.29, 1.82) is 0 Å². The van der Waals surface area contributed by atoms with E-state index in [1.54, 1.807) is 6.92 Å². The number of alkyl halides is 2. The Morgan fingerprint density at radius 2 is 2.23 bits per heavy atom. The molecule has 2 N–H and O–H groups in total. The van der Waals surface area contributed by atoms with Gasteiger partial charge in [-0.2, -0.15) is 0 Å². The third-order valence-corrected chi connectivity index (χ3v) is 2.95. The fraction of sp³-hybridized carbons (Fsp3) is 0.375. The van der Waals surface area contributed by atoms with Crippen molar-refractivity contribution in [2.75, 3.05) is 0 Å². The Hall–Kier alpha value is -0.300. The molecule has 1 rings (SSSR count). The molecule has 0 unspecified atom stereocenters. The predicted octanol–water partition coefficient (Wildman–Crippen LogP) is 2.39. The highest BCUT2D eigenvalue weighted by Crippen LogP contribution is 2.25. The van der Waals surface area contributed by atoms with Crippen molar-refractivity contribution in [2.45, 2.75) is 19.9 Å². The van der Waals surface area contributed by atoms with Crippen molar-refractivity contribution in [1.82, 2.24) is 4.98 Å². The summed E-state index contributed by atoms with van der Waals surface area (Å²) in [6.07, 6.45) is -1.30. The van der Waals surface area contributed by atoms with Gasteiger partial charge in [0.1, 0.15) is 3.70 Å². The van der Waals surface area contributed by atoms with E-state index in [4.69, 9.17) is 5.73 Å². The summed E-state index contributed by atoms with van der Waals surface area (Å²) in [6.45, 7) is 1.88. The van der Waals surface area contributed by atoms with Crippen LogP contribution < -0.4 is 5.73 Å². The molecule has 0 aliphatic heterocycles. The van der Waals surface area contributed by atoms with E-state index >= 15 is 0 Å². The maximum atomic E-state index is 12.4. The van der Waals surface area contributed by atoms with E-state index in [9.17, 15) is 8.78 Å². The Bertz CT molecular complexity index is 315. The maximum absolute atomic E-state index is 12.4. The van der Waals surface area contributed by atoms with Gasteiger partial charge in [0.25, 0.3) is 6.43 Å². The smallest absolute Gasteiger partial charge is 0.265 e. The number of hydrogen-bond acceptors (Lipinski definition) is 2. The Balaban J connectivity index is 3.30. The lowest BCUT2D eigenvalue weighted by molar-refractivity contribution is 0.149. The molecule has 0 saturated heterocycles. The van der Waals surface area contributed by atoms with E-state index in [0.717, 1.165) is 9.26 Å². The molecule has 0 bridgehead atoms. The molecule has 13 heavy (non-hydrogen) atoms. The molecule has 0 fully saturated rings. The summed E-state index contributed by atoms with van der Waals surface area (Å²) in [5, 5.41) is 0. The average molecular weight is 298 g/mol. The predicted molar refractivity (Wildman–Crippen MR) is 54.5 cm³/mol. The third kappa shape index (κ3) is 2.14. The summed E-state index contributed by atoms with van der Waals surface area (Å²) >= 11 is 2.00. The zero-order valence-corrected chi connectivity index (χ0v) is 9.18. The van der Waals surface area contributed by atoms with Gasteiger partial charge in [0.2, 0.25) is 0 Å². The monoisotopic (exact) mass is 298 g/mol. The van der Waals surface area contributed by atoms with E-state index < -0.39 is 6.43 Å². The lowest BCUT2D eigenvalue weighted by atomic mass is 10.1. The van der Waals surface area contributed by atoms with E-state index in [2.05, 4.69) is 4.98 Å². The molecule has 0 saturated carbocycles. The Labute approximate surface area is 88.7 Å². The second kappa shape index (κ2) is 4.28. The minimum Gasteiger partial charge on any atom is -0.326 e. The molecule has 0 amide bonds. The number of pyridine rings is 1. The summed E-state index contributed by atoms with van der Waals surface area (Å²) in [7, 11) is 0. The maximum Gasteiger partial charge on any atom is 0.265 e. The van der Waals surface area contributed by atoms with Crippen LogP contribution in [-0.4, -0.2) is 4.98 Å². The summed E-state index contributed by atoms with van der Waals surface area (Å²) in [6, 6.07) is 0. The van der Waals surface area contributed by atoms with Crippen LogP contribution in [0.4, 0.5) is 8.78 Å². The Morgan fingerprint density at radius 3 is 2.69 bits per heavy atom. The largest absolute Gasteiger partial charge is 0.326 e. The summed E-state index contributed by atoms with van der Waals surface area (Å²) in [5.74, 6) is 0. The minimum atomic E-state index is -2.50. The summed E-state index contributed by atoms with van der Waals surface area (Å²) < 4.78 is 25.6. The molecular formula is C8H9F2IN2. The van der Waals surface area contributed by atoms with Crippen LogP contribution in [0.5, 0.6) is 0 Å². The van der Waals surface area contributed by atoms with Crippen LogP contribution in [-0.2, 0) is 6.54 Å². The molecule has 5 heteroatoms. The molecule has 1 heterocycles. The standard InChI is InChI=1S/C8H9F2IN2/c1-4-5(2-12)6(7(9)10)3-13-8(4)11/h3,7H,2,12H2,1H3. The SMILES string of the molecule is Cc1c(I)ncc(C(F)F)c1CN. The van der Waals surface area contributed by atoms with Crippen molar-refractivity contribution in [2.24, 2.45) is 5.73 Å². The summed E-state index contributed by atoms with van der Waals surface area (Å²) in [4.78, 5) is 3.86. The first-order chi connectivity index (χ1) is 6.07. The highest BCUT2D eigenvalue weighted by atomic mass is 127. The second-order valence-corrected chi connectivity index (χ2v) is 3.63. The molecule has 0 atom stereocenters. The van der Waals surface area contributed by atoms with E-state index in [1.165, 1.54) is 6.20 Å². The van der Waals surface area contributed by atoms with Crippen LogP contribution in [0, 0.1) is 10.6 Å². The summed E-state index contributed by atoms with van der Waals surface area (Å²) in [5.41, 5.74) is 6.60. The van der Waals surface area contributed by atoms with Gasteiger partial charge in [0.05, 0.1) is 0 Å². The molecular weight excluding hydrogens is 289 g/mol. The first-order valence-corrected chi connectivity index (χ1v) is 4.78. The molecule has 0 aliphatic rings. The Morgan fingerprint density at radius 1 is 1.62 bits per heavy atom. The van der Waals surface area contributed by atoms with Crippen LogP contribution in [0.1, 0.15) is 23.1 Å². The third-order valence-electron chi connectivity index (χ3n) is 1.87. The Kier molecular flexibility index (Phi) is 3.55. The number of aromatic nitrogens is 1. The zero-order chi connectivity index (χ0) is 10.0. The average Bonchev–Trinajstić information content (AvgIpc) is 2.09. The van der Waals surface area contributed by atoms with Crippen molar-refractivity contribution >= 4 is 22.6 Å². The number of hydrogen-bond donors (Lipinski definition) is 1. The van der Waals surface area contributed by atoms with Crippen LogP contribution in [0.25, 0.3) is 0 Å². The first kappa shape index (κ1) is 10.8. The van der Waals surface area contributed by atoms with Gasteiger partial charge in [-0.25, -0.2) is 13.8 Å². The number of rotatable bonds is 2. The van der Waals surface area contributed by atoms with Gasteiger partial charge >= 0.3 is 0 Å². The van der Waals surface area contributed by atoms with Crippen LogP contribution in [0.3, 0.4) is 0 Å². The molecule has 0 aliphatic carbocycles. The van der Waals surface area contributed by atoms with E-state index in [-0.39, 0.29) is 12.1 Å². The van der Waals surface area contributed by atoms with Crippen molar-refractivity contribution < 1.29 is 8.78 Å². The molecule has 0 aromatic carbocycles. The molecule has 1 aromatic heterocycles. The topological polar surface area (TPSA) is 38.9 Å².